The van der Waals surface area contributed by atoms with Crippen LogP contribution in [0.15, 0.2) is 47.2 Å². The molecule has 2 aromatic heterocycles. The average molecular weight is 563 g/mol. The fraction of sp³-hybridized carbons (Fsp3) is 0.211. The molecule has 30 heavy (non-hydrogen) atoms. The van der Waals surface area contributed by atoms with E-state index in [-0.39, 0.29) is 12.6 Å². The molecule has 11 heteroatoms. The van der Waals surface area contributed by atoms with Crippen LogP contribution in [0.3, 0.4) is 0 Å². The van der Waals surface area contributed by atoms with Crippen molar-refractivity contribution in [2.45, 2.75) is 27.8 Å². The summed E-state index contributed by atoms with van der Waals surface area (Å²) in [5.74, 6) is 1.15. The predicted molar refractivity (Wildman–Crippen MR) is 122 cm³/mol. The molecule has 0 fully saturated rings. The van der Waals surface area contributed by atoms with Gasteiger partial charge in [0.2, 0.25) is 0 Å². The molecule has 0 aliphatic carbocycles. The largest absolute Gasteiger partial charge is 0.440 e. The molecule has 0 radical (unpaired) electrons. The molecule has 8 nitrogen and oxygen atoms in total. The van der Waals surface area contributed by atoms with E-state index >= 15 is 0 Å². The topological polar surface area (TPSA) is 117 Å². The summed E-state index contributed by atoms with van der Waals surface area (Å²) in [6.07, 6.45) is 0. The molecule has 4 rings (SSSR count). The third-order valence-electron chi connectivity index (χ3n) is 3.87. The van der Waals surface area contributed by atoms with Crippen molar-refractivity contribution in [2.24, 2.45) is 5.16 Å². The summed E-state index contributed by atoms with van der Waals surface area (Å²) in [6, 6.07) is 7.23. The Balaban J connectivity index is 0.000000207. The number of halogens is 3. The molecule has 0 aliphatic heterocycles. The fourth-order valence-corrected chi connectivity index (χ4v) is 3.62. The molecule has 0 unspecified atom stereocenters. The zero-order valence-corrected chi connectivity index (χ0v) is 19.1. The summed E-state index contributed by atoms with van der Waals surface area (Å²) in [4.78, 5) is 8.41. The van der Waals surface area contributed by atoms with E-state index in [0.717, 1.165) is 25.6 Å². The smallest absolute Gasteiger partial charge is 0.192 e. The number of hydrogen-bond acceptors (Lipinski definition) is 8. The van der Waals surface area contributed by atoms with E-state index < -0.39 is 0 Å². The van der Waals surface area contributed by atoms with Crippen LogP contribution in [-0.2, 0) is 6.54 Å². The summed E-state index contributed by atoms with van der Waals surface area (Å²) < 4.78 is 12.5. The molecule has 3 N–H and O–H groups in total. The first-order valence-electron chi connectivity index (χ1n) is 8.20. The van der Waals surface area contributed by atoms with Gasteiger partial charge in [0.1, 0.15) is 11.0 Å². The lowest BCUT2D eigenvalue weighted by molar-refractivity contribution is 0.161. The van der Waals surface area contributed by atoms with Gasteiger partial charge in [0.15, 0.2) is 28.1 Å². The monoisotopic (exact) mass is 560 g/mol. The summed E-state index contributed by atoms with van der Waals surface area (Å²) in [5, 5.41) is 20.2. The van der Waals surface area contributed by atoms with E-state index in [9.17, 15) is 0 Å². The average Bonchev–Trinajstić information content (AvgIpc) is 3.28. The third-order valence-corrected chi connectivity index (χ3v) is 5.40. The zero-order valence-electron chi connectivity index (χ0n) is 15.2. The Morgan fingerprint density at radius 1 is 1.03 bits per heavy atom. The van der Waals surface area contributed by atoms with Crippen LogP contribution in [0.5, 0.6) is 0 Å². The zero-order chi connectivity index (χ0) is 21.1. The van der Waals surface area contributed by atoms with Crippen LogP contribution in [0.25, 0.3) is 22.2 Å². The van der Waals surface area contributed by atoms with Crippen LogP contribution in [0.4, 0.5) is 0 Å². The van der Waals surface area contributed by atoms with Crippen molar-refractivity contribution in [2.75, 3.05) is 0 Å². The minimum Gasteiger partial charge on any atom is -0.440 e. The van der Waals surface area contributed by atoms with E-state index in [1.165, 1.54) is 0 Å². The van der Waals surface area contributed by atoms with Crippen LogP contribution >= 0.6 is 43.5 Å². The van der Waals surface area contributed by atoms with Gasteiger partial charge in [-0.15, -0.1) is 0 Å². The fourth-order valence-electron chi connectivity index (χ4n) is 2.67. The molecular formula is C19H19Br2ClN4O4. The van der Waals surface area contributed by atoms with Crippen molar-refractivity contribution >= 4 is 70.8 Å². The van der Waals surface area contributed by atoms with Gasteiger partial charge in [0.05, 0.1) is 8.95 Å². The van der Waals surface area contributed by atoms with E-state index in [1.54, 1.807) is 26.0 Å². The number of rotatable bonds is 3. The van der Waals surface area contributed by atoms with Crippen molar-refractivity contribution in [3.8, 4) is 0 Å². The molecule has 160 valence electrons. The van der Waals surface area contributed by atoms with Gasteiger partial charge in [0, 0.05) is 26.0 Å². The molecule has 2 heterocycles. The summed E-state index contributed by atoms with van der Waals surface area (Å²) in [7, 11) is 0. The van der Waals surface area contributed by atoms with Crippen LogP contribution in [0.2, 0.25) is 0 Å². The van der Waals surface area contributed by atoms with Gasteiger partial charge in [-0.1, -0.05) is 30.2 Å². The number of hydrogen-bond donors (Lipinski definition) is 3. The summed E-state index contributed by atoms with van der Waals surface area (Å²) in [6.45, 7) is 3.89. The number of aryl methyl sites for hydroxylation is 2. The van der Waals surface area contributed by atoms with Crippen LogP contribution in [0.1, 0.15) is 30.3 Å². The van der Waals surface area contributed by atoms with Crippen molar-refractivity contribution in [1.29, 1.82) is 0 Å². The Kier molecular flexibility index (Phi) is 8.39. The second-order valence-electron chi connectivity index (χ2n) is 5.85. The Morgan fingerprint density at radius 3 is 2.13 bits per heavy atom. The number of fused-ring (bicyclic) bond motifs is 2. The Bertz CT molecular complexity index is 1210. The summed E-state index contributed by atoms with van der Waals surface area (Å²) in [5.41, 5.74) is 6.21. The molecule has 0 amide bonds. The van der Waals surface area contributed by atoms with Crippen molar-refractivity contribution in [3.05, 3.63) is 56.1 Å². The van der Waals surface area contributed by atoms with Gasteiger partial charge in [-0.3, -0.25) is 0 Å². The maximum atomic E-state index is 8.64. The maximum absolute atomic E-state index is 8.64. The number of nitrogens with one attached hydrogen (secondary N) is 1. The van der Waals surface area contributed by atoms with Gasteiger partial charge < -0.3 is 19.2 Å². The Hall–Kier alpha value is -1.98. The highest BCUT2D eigenvalue weighted by Gasteiger charge is 2.14. The van der Waals surface area contributed by atoms with E-state index in [0.29, 0.717) is 35.0 Å². The number of benzene rings is 2. The lowest BCUT2D eigenvalue weighted by Gasteiger charge is -1.99. The highest BCUT2D eigenvalue weighted by molar-refractivity contribution is 9.11. The number of nitrogens with zero attached hydrogens (tertiary/aromatic N) is 3. The van der Waals surface area contributed by atoms with E-state index in [1.807, 2.05) is 12.1 Å². The van der Waals surface area contributed by atoms with Gasteiger partial charge in [-0.2, -0.15) is 0 Å². The number of aromatic nitrogens is 2. The van der Waals surface area contributed by atoms with E-state index in [4.69, 9.17) is 30.8 Å². The Labute approximate surface area is 194 Å². The quantitative estimate of drug-likeness (QED) is 0.153. The lowest BCUT2D eigenvalue weighted by atomic mass is 10.2. The minimum absolute atomic E-state index is 0. The molecule has 0 saturated carbocycles. The molecule has 0 saturated heterocycles. The Morgan fingerprint density at radius 2 is 1.57 bits per heavy atom. The first-order chi connectivity index (χ1) is 13.8. The van der Waals surface area contributed by atoms with Crippen LogP contribution in [-0.4, -0.2) is 25.6 Å². The molecular weight excluding hydrogens is 543 g/mol. The SMILES string of the molecule is C.Cc1nc2c(/C(Cl)=N/O)ccc(Br)c2o1.Cc1nc2c(CNO)ccc(Br)c2o1. The molecule has 2 aromatic carbocycles. The molecule has 0 spiro atoms. The molecule has 0 aliphatic rings. The first-order valence-corrected chi connectivity index (χ1v) is 10.2. The highest BCUT2D eigenvalue weighted by Crippen LogP contribution is 2.29. The highest BCUT2D eigenvalue weighted by atomic mass is 79.9. The summed E-state index contributed by atoms with van der Waals surface area (Å²) >= 11 is 12.4. The minimum atomic E-state index is -0.0131. The molecule has 0 bridgehead atoms. The standard InChI is InChI=1S/C9H6BrClN2O2.C9H9BrN2O2.CH4/c1-4-12-7-5(9(11)13-14)2-3-6(10)8(7)15-4;1-5-12-8-6(4-11-13)2-3-7(10)9(8)14-5;/h2-3,14H,1H3;2-3,11,13H,4H2,1H3;1H4/b13-9-;;. The first kappa shape index (κ1) is 24.3. The third kappa shape index (κ3) is 5.01. The maximum Gasteiger partial charge on any atom is 0.192 e. The second kappa shape index (κ2) is 10.4. The van der Waals surface area contributed by atoms with Gasteiger partial charge in [-0.25, -0.2) is 15.4 Å². The second-order valence-corrected chi connectivity index (χ2v) is 7.92. The number of hydroxylamine groups is 1. The van der Waals surface area contributed by atoms with Gasteiger partial charge in [-0.05, 0) is 55.6 Å². The molecule has 4 aromatic rings. The van der Waals surface area contributed by atoms with Crippen molar-refractivity contribution in [1.82, 2.24) is 15.4 Å². The molecule has 0 atom stereocenters. The van der Waals surface area contributed by atoms with E-state index in [2.05, 4.69) is 52.5 Å². The number of oxazole rings is 2. The van der Waals surface area contributed by atoms with Crippen molar-refractivity contribution in [3.63, 3.8) is 0 Å². The van der Waals surface area contributed by atoms with Crippen molar-refractivity contribution < 1.29 is 19.2 Å². The van der Waals surface area contributed by atoms with Gasteiger partial charge >= 0.3 is 0 Å². The normalized spacial score (nSPS) is 11.3. The van der Waals surface area contributed by atoms with Crippen LogP contribution in [0, 0.1) is 13.8 Å². The van der Waals surface area contributed by atoms with Gasteiger partial charge in [0.25, 0.3) is 0 Å². The predicted octanol–water partition coefficient (Wildman–Crippen LogP) is 6.29. The number of oxime groups is 1. The van der Waals surface area contributed by atoms with Crippen LogP contribution < -0.4 is 5.48 Å². The lowest BCUT2D eigenvalue weighted by Crippen LogP contribution is -2.06.